The molecule has 0 saturated carbocycles. The first-order valence-electron chi connectivity index (χ1n) is 7.60. The smallest absolute Gasteiger partial charge is 0.268 e. The molecule has 0 aliphatic heterocycles. The zero-order valence-corrected chi connectivity index (χ0v) is 13.5. The molecule has 4 heteroatoms. The molecule has 0 bridgehead atoms. The van der Waals surface area contributed by atoms with Gasteiger partial charge in [0.05, 0.1) is 18.7 Å². The molecule has 0 aliphatic rings. The van der Waals surface area contributed by atoms with E-state index >= 15 is 0 Å². The molecular formula is C19H20N2O2. The number of amides is 1. The Kier molecular flexibility index (Phi) is 4.06. The Morgan fingerprint density at radius 3 is 2.57 bits per heavy atom. The van der Waals surface area contributed by atoms with E-state index in [1.165, 1.54) is 0 Å². The monoisotopic (exact) mass is 308 g/mol. The van der Waals surface area contributed by atoms with E-state index in [4.69, 9.17) is 4.74 Å². The number of carbonyl (C=O) groups is 1. The van der Waals surface area contributed by atoms with Crippen LogP contribution in [0.3, 0.4) is 0 Å². The van der Waals surface area contributed by atoms with Crippen LogP contribution in [0.1, 0.15) is 29.0 Å². The van der Waals surface area contributed by atoms with Gasteiger partial charge in [0, 0.05) is 12.4 Å². The van der Waals surface area contributed by atoms with Gasteiger partial charge in [-0.2, -0.15) is 0 Å². The SMILES string of the molecule is COc1cccc2c1cc(C(=O)NC(C)c1ccccc1)n2C. The third-order valence-corrected chi connectivity index (χ3v) is 4.15. The van der Waals surface area contributed by atoms with Crippen molar-refractivity contribution < 1.29 is 9.53 Å². The molecule has 0 aliphatic carbocycles. The molecule has 1 heterocycles. The number of hydrogen-bond donors (Lipinski definition) is 1. The van der Waals surface area contributed by atoms with Crippen LogP contribution in [-0.2, 0) is 7.05 Å². The Morgan fingerprint density at radius 1 is 1.13 bits per heavy atom. The highest BCUT2D eigenvalue weighted by atomic mass is 16.5. The number of benzene rings is 2. The van der Waals surface area contributed by atoms with Gasteiger partial charge in [-0.3, -0.25) is 4.79 Å². The third kappa shape index (κ3) is 2.80. The number of nitrogens with zero attached hydrogens (tertiary/aromatic N) is 1. The summed E-state index contributed by atoms with van der Waals surface area (Å²) in [6.07, 6.45) is 0. The van der Waals surface area contributed by atoms with Crippen LogP contribution in [0.5, 0.6) is 5.75 Å². The second-order valence-electron chi connectivity index (χ2n) is 5.59. The summed E-state index contributed by atoms with van der Waals surface area (Å²) in [6, 6.07) is 17.6. The van der Waals surface area contributed by atoms with Crippen molar-refractivity contribution in [1.29, 1.82) is 0 Å². The van der Waals surface area contributed by atoms with E-state index in [9.17, 15) is 4.79 Å². The fraction of sp³-hybridized carbons (Fsp3) is 0.211. The Balaban J connectivity index is 1.91. The Morgan fingerprint density at radius 2 is 1.87 bits per heavy atom. The van der Waals surface area contributed by atoms with Crippen molar-refractivity contribution in [3.05, 3.63) is 65.9 Å². The number of methoxy groups -OCH3 is 1. The van der Waals surface area contributed by atoms with Crippen LogP contribution in [-0.4, -0.2) is 17.6 Å². The molecule has 4 nitrogen and oxygen atoms in total. The number of hydrogen-bond acceptors (Lipinski definition) is 2. The van der Waals surface area contributed by atoms with E-state index in [-0.39, 0.29) is 11.9 Å². The van der Waals surface area contributed by atoms with Crippen molar-refractivity contribution in [3.63, 3.8) is 0 Å². The number of aryl methyl sites for hydroxylation is 1. The van der Waals surface area contributed by atoms with E-state index < -0.39 is 0 Å². The lowest BCUT2D eigenvalue weighted by Crippen LogP contribution is -2.28. The maximum absolute atomic E-state index is 12.6. The zero-order chi connectivity index (χ0) is 16.4. The topological polar surface area (TPSA) is 43.3 Å². The fourth-order valence-electron chi connectivity index (χ4n) is 2.82. The summed E-state index contributed by atoms with van der Waals surface area (Å²) in [6.45, 7) is 1.98. The quantitative estimate of drug-likeness (QED) is 0.799. The molecule has 3 rings (SSSR count). The maximum Gasteiger partial charge on any atom is 0.268 e. The summed E-state index contributed by atoms with van der Waals surface area (Å²) < 4.78 is 7.27. The fourth-order valence-corrected chi connectivity index (χ4v) is 2.82. The molecule has 1 unspecified atom stereocenters. The van der Waals surface area contributed by atoms with Gasteiger partial charge < -0.3 is 14.6 Å². The van der Waals surface area contributed by atoms with Crippen LogP contribution in [0.2, 0.25) is 0 Å². The summed E-state index contributed by atoms with van der Waals surface area (Å²) >= 11 is 0. The van der Waals surface area contributed by atoms with E-state index in [2.05, 4.69) is 5.32 Å². The van der Waals surface area contributed by atoms with E-state index in [0.29, 0.717) is 5.69 Å². The number of fused-ring (bicyclic) bond motifs is 1. The van der Waals surface area contributed by atoms with Crippen LogP contribution < -0.4 is 10.1 Å². The average molecular weight is 308 g/mol. The lowest BCUT2D eigenvalue weighted by atomic mass is 10.1. The molecule has 1 aromatic heterocycles. The van der Waals surface area contributed by atoms with Crippen LogP contribution >= 0.6 is 0 Å². The molecule has 23 heavy (non-hydrogen) atoms. The molecule has 118 valence electrons. The van der Waals surface area contributed by atoms with Crippen molar-refractivity contribution >= 4 is 16.8 Å². The summed E-state index contributed by atoms with van der Waals surface area (Å²) in [5, 5.41) is 3.99. The summed E-state index contributed by atoms with van der Waals surface area (Å²) in [7, 11) is 3.53. The van der Waals surface area contributed by atoms with Gasteiger partial charge in [-0.25, -0.2) is 0 Å². The number of nitrogens with one attached hydrogen (secondary N) is 1. The van der Waals surface area contributed by atoms with Crippen molar-refractivity contribution in [2.75, 3.05) is 7.11 Å². The number of carbonyl (C=O) groups excluding carboxylic acids is 1. The highest BCUT2D eigenvalue weighted by Gasteiger charge is 2.17. The Labute approximate surface area is 135 Å². The summed E-state index contributed by atoms with van der Waals surface area (Å²) in [5.74, 6) is 0.676. The summed E-state index contributed by atoms with van der Waals surface area (Å²) in [5.41, 5.74) is 2.67. The lowest BCUT2D eigenvalue weighted by Gasteiger charge is -2.14. The van der Waals surface area contributed by atoms with Gasteiger partial charge in [0.15, 0.2) is 0 Å². The highest BCUT2D eigenvalue weighted by molar-refractivity contribution is 6.00. The zero-order valence-electron chi connectivity index (χ0n) is 13.5. The van der Waals surface area contributed by atoms with Gasteiger partial charge in [-0.15, -0.1) is 0 Å². The van der Waals surface area contributed by atoms with Crippen LogP contribution in [0, 0.1) is 0 Å². The Hall–Kier alpha value is -2.75. The minimum Gasteiger partial charge on any atom is -0.496 e. The van der Waals surface area contributed by atoms with Gasteiger partial charge in [0.2, 0.25) is 0 Å². The maximum atomic E-state index is 12.6. The normalized spacial score (nSPS) is 12.1. The van der Waals surface area contributed by atoms with E-state index in [0.717, 1.165) is 22.2 Å². The molecular weight excluding hydrogens is 288 g/mol. The van der Waals surface area contributed by atoms with Crippen LogP contribution in [0.25, 0.3) is 10.9 Å². The molecule has 3 aromatic rings. The van der Waals surface area contributed by atoms with Gasteiger partial charge >= 0.3 is 0 Å². The minimum atomic E-state index is -0.0953. The molecule has 0 spiro atoms. The van der Waals surface area contributed by atoms with Gasteiger partial charge in [-0.1, -0.05) is 36.4 Å². The van der Waals surface area contributed by atoms with Gasteiger partial charge in [-0.05, 0) is 30.7 Å². The first-order chi connectivity index (χ1) is 11.1. The minimum absolute atomic E-state index is 0.0522. The van der Waals surface area contributed by atoms with Crippen molar-refractivity contribution in [2.45, 2.75) is 13.0 Å². The number of ether oxygens (including phenoxy) is 1. The van der Waals surface area contributed by atoms with Gasteiger partial charge in [0.25, 0.3) is 5.91 Å². The second-order valence-corrected chi connectivity index (χ2v) is 5.59. The highest BCUT2D eigenvalue weighted by Crippen LogP contribution is 2.28. The first-order valence-corrected chi connectivity index (χ1v) is 7.60. The van der Waals surface area contributed by atoms with Crippen molar-refractivity contribution in [3.8, 4) is 5.75 Å². The second kappa shape index (κ2) is 6.16. The van der Waals surface area contributed by atoms with Crippen LogP contribution in [0.4, 0.5) is 0 Å². The predicted octanol–water partition coefficient (Wildman–Crippen LogP) is 3.68. The van der Waals surface area contributed by atoms with Crippen LogP contribution in [0.15, 0.2) is 54.6 Å². The number of rotatable bonds is 4. The Bertz CT molecular complexity index is 837. The molecule has 1 amide bonds. The average Bonchev–Trinajstić information content (AvgIpc) is 2.93. The van der Waals surface area contributed by atoms with E-state index in [1.54, 1.807) is 7.11 Å². The molecule has 2 aromatic carbocycles. The van der Waals surface area contributed by atoms with Crippen molar-refractivity contribution in [2.24, 2.45) is 7.05 Å². The van der Waals surface area contributed by atoms with Crippen molar-refractivity contribution in [1.82, 2.24) is 9.88 Å². The standard InChI is InChI=1S/C19H20N2O2/c1-13(14-8-5-4-6-9-14)20-19(22)17-12-15-16(21(17)2)10-7-11-18(15)23-3/h4-13H,1-3H3,(H,20,22). The van der Waals surface area contributed by atoms with Gasteiger partial charge in [0.1, 0.15) is 11.4 Å². The largest absolute Gasteiger partial charge is 0.496 e. The third-order valence-electron chi connectivity index (χ3n) is 4.15. The summed E-state index contributed by atoms with van der Waals surface area (Å²) in [4.78, 5) is 12.6. The molecule has 0 saturated heterocycles. The molecule has 1 atom stereocenters. The molecule has 0 fully saturated rings. The number of aromatic nitrogens is 1. The predicted molar refractivity (Wildman–Crippen MR) is 91.8 cm³/mol. The van der Waals surface area contributed by atoms with E-state index in [1.807, 2.05) is 73.1 Å². The first kappa shape index (κ1) is 15.2. The molecule has 0 radical (unpaired) electrons. The lowest BCUT2D eigenvalue weighted by molar-refractivity contribution is 0.0932. The molecule has 1 N–H and O–H groups in total.